The van der Waals surface area contributed by atoms with Gasteiger partial charge < -0.3 is 15.0 Å². The van der Waals surface area contributed by atoms with E-state index in [0.717, 1.165) is 22.9 Å². The Morgan fingerprint density at radius 1 is 0.867 bits per heavy atom. The molecule has 1 N–H and O–H groups in total. The largest absolute Gasteiger partial charge is 0.457 e. The van der Waals surface area contributed by atoms with Gasteiger partial charge in [-0.05, 0) is 72.2 Å². The lowest BCUT2D eigenvalue weighted by atomic mass is 10.0. The van der Waals surface area contributed by atoms with Crippen LogP contribution in [0.5, 0.6) is 11.5 Å². The Bertz CT molecular complexity index is 1120. The molecule has 5 rings (SSSR count). The molecule has 0 unspecified atom stereocenters. The number of benzene rings is 2. The SMILES string of the molecule is S=C1N[C@H](c2ccccn2)[C@@H](c2cccs2)N1c1ccc(Oc2ccccc2)cc1. The normalized spacial score (nSPS) is 18.3. The van der Waals surface area contributed by atoms with Crippen LogP contribution < -0.4 is 15.0 Å². The van der Waals surface area contributed by atoms with Crippen molar-refractivity contribution in [2.45, 2.75) is 12.1 Å². The number of nitrogens with zero attached hydrogens (tertiary/aromatic N) is 2. The summed E-state index contributed by atoms with van der Waals surface area (Å²) >= 11 is 7.48. The maximum atomic E-state index is 5.94. The van der Waals surface area contributed by atoms with Gasteiger partial charge in [-0.15, -0.1) is 11.3 Å². The molecule has 0 saturated carbocycles. The van der Waals surface area contributed by atoms with E-state index in [1.54, 1.807) is 11.3 Å². The number of hydrogen-bond acceptors (Lipinski definition) is 4. The number of aromatic nitrogens is 1. The molecule has 4 aromatic rings. The Hall–Kier alpha value is -3.22. The predicted molar refractivity (Wildman–Crippen MR) is 125 cm³/mol. The summed E-state index contributed by atoms with van der Waals surface area (Å²) in [5.41, 5.74) is 1.99. The average molecular weight is 430 g/mol. The van der Waals surface area contributed by atoms with Gasteiger partial charge in [0.05, 0.1) is 17.8 Å². The van der Waals surface area contributed by atoms with Gasteiger partial charge >= 0.3 is 0 Å². The summed E-state index contributed by atoms with van der Waals surface area (Å²) in [4.78, 5) is 7.99. The fraction of sp³-hybridized carbons (Fsp3) is 0.0833. The molecule has 0 radical (unpaired) electrons. The highest BCUT2D eigenvalue weighted by Gasteiger charge is 2.41. The molecule has 1 fully saturated rings. The highest BCUT2D eigenvalue weighted by atomic mass is 32.1. The highest BCUT2D eigenvalue weighted by molar-refractivity contribution is 7.80. The van der Waals surface area contributed by atoms with Gasteiger partial charge in [0.25, 0.3) is 0 Å². The Morgan fingerprint density at radius 3 is 2.33 bits per heavy atom. The van der Waals surface area contributed by atoms with E-state index in [0.29, 0.717) is 5.11 Å². The Kier molecular flexibility index (Phi) is 5.17. The summed E-state index contributed by atoms with van der Waals surface area (Å²) < 4.78 is 5.94. The monoisotopic (exact) mass is 429 g/mol. The summed E-state index contributed by atoms with van der Waals surface area (Å²) in [7, 11) is 0. The van der Waals surface area contributed by atoms with Gasteiger partial charge in [0.1, 0.15) is 11.5 Å². The first-order valence-electron chi connectivity index (χ1n) is 9.66. The van der Waals surface area contributed by atoms with Crippen LogP contribution in [0.1, 0.15) is 22.7 Å². The van der Waals surface area contributed by atoms with Crippen LogP contribution in [0.15, 0.2) is 96.5 Å². The van der Waals surface area contributed by atoms with Gasteiger partial charge in [-0.2, -0.15) is 0 Å². The van der Waals surface area contributed by atoms with E-state index in [1.165, 1.54) is 4.88 Å². The molecule has 6 heteroatoms. The molecule has 30 heavy (non-hydrogen) atoms. The van der Waals surface area contributed by atoms with Crippen molar-refractivity contribution in [1.29, 1.82) is 0 Å². The number of hydrogen-bond donors (Lipinski definition) is 1. The number of pyridine rings is 1. The number of ether oxygens (including phenoxy) is 1. The molecule has 0 amide bonds. The highest BCUT2D eigenvalue weighted by Crippen LogP contribution is 2.43. The van der Waals surface area contributed by atoms with Gasteiger partial charge in [-0.25, -0.2) is 0 Å². The van der Waals surface area contributed by atoms with Gasteiger partial charge in [-0.3, -0.25) is 4.98 Å². The summed E-state index contributed by atoms with van der Waals surface area (Å²) in [5, 5.41) is 6.28. The third kappa shape index (κ3) is 3.67. The van der Waals surface area contributed by atoms with E-state index < -0.39 is 0 Å². The molecular formula is C24H19N3OS2. The number of para-hydroxylation sites is 1. The van der Waals surface area contributed by atoms with Crippen molar-refractivity contribution in [3.05, 3.63) is 107 Å². The van der Waals surface area contributed by atoms with Gasteiger partial charge in [0, 0.05) is 16.8 Å². The molecule has 1 aliphatic heterocycles. The summed E-state index contributed by atoms with van der Waals surface area (Å²) in [6, 6.07) is 28.1. The van der Waals surface area contributed by atoms with Crippen molar-refractivity contribution in [3.63, 3.8) is 0 Å². The van der Waals surface area contributed by atoms with E-state index in [-0.39, 0.29) is 12.1 Å². The van der Waals surface area contributed by atoms with Crippen LogP contribution >= 0.6 is 23.6 Å². The van der Waals surface area contributed by atoms with Crippen LogP contribution in [0.2, 0.25) is 0 Å². The smallest absolute Gasteiger partial charge is 0.174 e. The zero-order chi connectivity index (χ0) is 20.3. The van der Waals surface area contributed by atoms with Crippen LogP contribution in [0.25, 0.3) is 0 Å². The molecule has 2 atom stereocenters. The maximum absolute atomic E-state index is 5.94. The maximum Gasteiger partial charge on any atom is 0.174 e. The molecule has 148 valence electrons. The fourth-order valence-corrected chi connectivity index (χ4v) is 4.88. The average Bonchev–Trinajstić information content (AvgIpc) is 3.43. The van der Waals surface area contributed by atoms with Crippen molar-refractivity contribution in [2.24, 2.45) is 0 Å². The second kappa shape index (κ2) is 8.26. The first-order valence-corrected chi connectivity index (χ1v) is 11.0. The van der Waals surface area contributed by atoms with E-state index >= 15 is 0 Å². The molecule has 1 aliphatic rings. The Balaban J connectivity index is 1.47. The molecule has 0 spiro atoms. The van der Waals surface area contributed by atoms with Crippen LogP contribution in [0, 0.1) is 0 Å². The summed E-state index contributed by atoms with van der Waals surface area (Å²) in [5.74, 6) is 1.60. The second-order valence-electron chi connectivity index (χ2n) is 6.92. The Labute approximate surface area is 184 Å². The lowest BCUT2D eigenvalue weighted by Crippen LogP contribution is -2.28. The summed E-state index contributed by atoms with van der Waals surface area (Å²) in [6.07, 6.45) is 1.82. The molecule has 1 saturated heterocycles. The molecule has 4 nitrogen and oxygen atoms in total. The standard InChI is InChI=1S/C24H19N3OS2/c29-24-26-22(20-9-4-5-15-25-20)23(21-10-6-16-30-21)27(24)17-11-13-19(14-12-17)28-18-7-2-1-3-8-18/h1-16,22-23H,(H,26,29)/t22-,23-/m1/s1. The van der Waals surface area contributed by atoms with Gasteiger partial charge in [-0.1, -0.05) is 30.3 Å². The second-order valence-corrected chi connectivity index (χ2v) is 8.29. The van der Waals surface area contributed by atoms with Crippen LogP contribution in [0.3, 0.4) is 0 Å². The molecule has 2 aromatic heterocycles. The fourth-order valence-electron chi connectivity index (χ4n) is 3.68. The van der Waals surface area contributed by atoms with Crippen molar-refractivity contribution >= 4 is 34.4 Å². The van der Waals surface area contributed by atoms with Crippen LogP contribution in [0.4, 0.5) is 5.69 Å². The lowest BCUT2D eigenvalue weighted by Gasteiger charge is -2.27. The van der Waals surface area contributed by atoms with E-state index in [2.05, 4.69) is 32.7 Å². The van der Waals surface area contributed by atoms with Crippen LogP contribution in [-0.2, 0) is 0 Å². The van der Waals surface area contributed by atoms with Gasteiger partial charge in [0.2, 0.25) is 0 Å². The molecule has 0 bridgehead atoms. The first kappa shape index (κ1) is 18.8. The molecule has 3 heterocycles. The number of thiophene rings is 1. The van der Waals surface area contributed by atoms with Crippen LogP contribution in [-0.4, -0.2) is 10.1 Å². The molecule has 2 aromatic carbocycles. The number of nitrogens with one attached hydrogen (secondary N) is 1. The minimum Gasteiger partial charge on any atom is -0.457 e. The van der Waals surface area contributed by atoms with Crippen molar-refractivity contribution in [3.8, 4) is 11.5 Å². The minimum absolute atomic E-state index is 0.0161. The number of anilines is 1. The third-order valence-corrected chi connectivity index (χ3v) is 6.28. The molecular weight excluding hydrogens is 410 g/mol. The van der Waals surface area contributed by atoms with Gasteiger partial charge in [0.15, 0.2) is 5.11 Å². The predicted octanol–water partition coefficient (Wildman–Crippen LogP) is 6.11. The summed E-state index contributed by atoms with van der Waals surface area (Å²) in [6.45, 7) is 0. The zero-order valence-electron chi connectivity index (χ0n) is 16.0. The lowest BCUT2D eigenvalue weighted by molar-refractivity contribution is 0.482. The van der Waals surface area contributed by atoms with E-state index in [4.69, 9.17) is 17.0 Å². The first-order chi connectivity index (χ1) is 14.8. The zero-order valence-corrected chi connectivity index (χ0v) is 17.6. The van der Waals surface area contributed by atoms with Crippen molar-refractivity contribution < 1.29 is 4.74 Å². The van der Waals surface area contributed by atoms with Crippen molar-refractivity contribution in [1.82, 2.24) is 10.3 Å². The third-order valence-electron chi connectivity index (χ3n) is 5.03. The number of thiocarbonyl (C=S) groups is 1. The van der Waals surface area contributed by atoms with E-state index in [9.17, 15) is 0 Å². The topological polar surface area (TPSA) is 37.4 Å². The quantitative estimate of drug-likeness (QED) is 0.387. The molecule has 0 aliphatic carbocycles. The Morgan fingerprint density at radius 2 is 1.63 bits per heavy atom. The van der Waals surface area contributed by atoms with E-state index in [1.807, 2.05) is 79.0 Å². The van der Waals surface area contributed by atoms with Crippen molar-refractivity contribution in [2.75, 3.05) is 4.90 Å². The number of rotatable bonds is 5. The minimum atomic E-state index is -0.0161.